The van der Waals surface area contributed by atoms with Crippen molar-refractivity contribution in [3.8, 4) is 22.5 Å². The van der Waals surface area contributed by atoms with E-state index in [2.05, 4.69) is 455 Å². The number of aromatic nitrogens is 2. The topological polar surface area (TPSA) is 16.3 Å². The van der Waals surface area contributed by atoms with Crippen molar-refractivity contribution in [2.45, 2.75) is 52.4 Å². The molecule has 0 spiro atoms. The molecule has 18 aromatic rings. The molecule has 111 heavy (non-hydrogen) atoms. The van der Waals surface area contributed by atoms with E-state index in [0.717, 1.165) is 62.1 Å². The lowest BCUT2D eigenvalue weighted by atomic mass is 9.33. The standard InChI is InChI=1S/C104H83BN4Si2/c1-103(2,3)74-54-63-96-90(66-74)91-67-75(104(4,5)6)55-64-97(91)106(96)76-56-58-77(59-57-76)107-98-65-73(72-33-14-7-15-34-72)53-61-92(98)105-93-62-60-87(111(83-42-22-11-23-43-83,84-44-24-12-25-45-84)85-46-26-13-27-47-85)71-99(93)108(101-70-79(69-100(107)102(101)105)109-94-51-30-28-49-88(94)89-50-29-31-52-95(89)109)78-35-32-48-86(68-78)110(80-36-16-8-17-37-80,81-38-18-9-19-39-81)82-40-20-10-21-41-82/h7-71H,1-6H3. The van der Waals surface area contributed by atoms with Crippen LogP contribution in [0.3, 0.4) is 0 Å². The zero-order valence-electron chi connectivity index (χ0n) is 63.4. The number of para-hydroxylation sites is 2. The summed E-state index contributed by atoms with van der Waals surface area (Å²) in [5.41, 5.74) is 22.2. The molecular formula is C104H83BN4Si2. The highest BCUT2D eigenvalue weighted by molar-refractivity contribution is 7.20. The second kappa shape index (κ2) is 26.5. The Balaban J connectivity index is 0.910. The first-order valence-corrected chi connectivity index (χ1v) is 43.1. The van der Waals surface area contributed by atoms with E-state index in [0.29, 0.717) is 0 Å². The molecule has 0 aliphatic carbocycles. The molecule has 0 bridgehead atoms. The molecule has 7 heteroatoms. The molecule has 530 valence electrons. The average Bonchev–Trinajstić information content (AvgIpc) is 0.811. The summed E-state index contributed by atoms with van der Waals surface area (Å²) in [6.45, 7) is 13.7. The zero-order valence-corrected chi connectivity index (χ0v) is 65.4. The van der Waals surface area contributed by atoms with Crippen LogP contribution in [0.25, 0.3) is 66.1 Å². The molecule has 0 radical (unpaired) electrons. The molecule has 0 saturated carbocycles. The molecule has 2 aromatic heterocycles. The molecule has 0 amide bonds. The average molecular weight is 1460 g/mol. The molecule has 16 aromatic carbocycles. The molecule has 4 nitrogen and oxygen atoms in total. The third-order valence-corrected chi connectivity index (χ3v) is 33.6. The van der Waals surface area contributed by atoms with E-state index in [1.54, 1.807) is 0 Å². The third kappa shape index (κ3) is 10.8. The molecule has 0 unspecified atom stereocenters. The summed E-state index contributed by atoms with van der Waals surface area (Å²) in [6, 6.07) is 151. The van der Waals surface area contributed by atoms with Crippen LogP contribution in [-0.2, 0) is 10.8 Å². The van der Waals surface area contributed by atoms with Gasteiger partial charge in [0.15, 0.2) is 16.1 Å². The van der Waals surface area contributed by atoms with E-state index >= 15 is 0 Å². The maximum Gasteiger partial charge on any atom is 0.252 e. The number of rotatable bonds is 13. The summed E-state index contributed by atoms with van der Waals surface area (Å²) in [6.07, 6.45) is 0. The van der Waals surface area contributed by atoms with Crippen molar-refractivity contribution in [2.75, 3.05) is 9.80 Å². The van der Waals surface area contributed by atoms with E-state index in [4.69, 9.17) is 0 Å². The monoisotopic (exact) mass is 1450 g/mol. The van der Waals surface area contributed by atoms with Crippen LogP contribution >= 0.6 is 0 Å². The SMILES string of the molecule is CC(C)(C)c1ccc2c(c1)c1cc(C(C)(C)C)ccc1n2-c1ccc(N2c3cc(-c4ccccc4)ccc3B3c4ccc([Si](c5ccccc5)(c5ccccc5)c5ccccc5)cc4N(c4cccc([Si](c5ccccc5)(c5ccccc5)c5ccccc5)c4)c4cc(-n5c6ccccc6c6ccccc65)cc2c43)cc1. The Labute approximate surface area is 653 Å². The van der Waals surface area contributed by atoms with E-state index < -0.39 is 16.1 Å². The molecule has 0 atom stereocenters. The van der Waals surface area contributed by atoms with Gasteiger partial charge in [-0.05, 0) is 188 Å². The minimum atomic E-state index is -3.18. The van der Waals surface area contributed by atoms with Crippen LogP contribution in [0, 0.1) is 0 Å². The number of fused-ring (bicyclic) bond motifs is 10. The fourth-order valence-electron chi connectivity index (χ4n) is 18.9. The molecule has 0 saturated heterocycles. The first kappa shape index (κ1) is 67.6. The predicted molar refractivity (Wildman–Crippen MR) is 479 cm³/mol. The van der Waals surface area contributed by atoms with Gasteiger partial charge in [0.2, 0.25) is 0 Å². The number of hydrogen-bond donors (Lipinski definition) is 0. The summed E-state index contributed by atoms with van der Waals surface area (Å²) in [5.74, 6) is 0. The smallest absolute Gasteiger partial charge is 0.252 e. The second-order valence-corrected chi connectivity index (χ2v) is 40.0. The number of hydrogen-bond acceptors (Lipinski definition) is 2. The molecule has 2 aliphatic heterocycles. The van der Waals surface area contributed by atoms with Gasteiger partial charge in [0, 0.05) is 61.4 Å². The lowest BCUT2D eigenvalue weighted by Crippen LogP contribution is -2.75. The van der Waals surface area contributed by atoms with Crippen LogP contribution in [0.5, 0.6) is 0 Å². The number of anilines is 6. The number of nitrogens with zero attached hydrogens (tertiary/aromatic N) is 4. The molecule has 2 aliphatic rings. The van der Waals surface area contributed by atoms with Gasteiger partial charge in [-0.15, -0.1) is 0 Å². The summed E-state index contributed by atoms with van der Waals surface area (Å²) >= 11 is 0. The highest BCUT2D eigenvalue weighted by atomic mass is 28.3. The van der Waals surface area contributed by atoms with Crippen molar-refractivity contribution in [3.63, 3.8) is 0 Å². The van der Waals surface area contributed by atoms with Crippen molar-refractivity contribution in [1.82, 2.24) is 9.13 Å². The van der Waals surface area contributed by atoms with E-state index in [1.807, 2.05) is 0 Å². The number of benzene rings is 16. The maximum atomic E-state index is 2.71. The van der Waals surface area contributed by atoms with Crippen LogP contribution < -0.4 is 67.7 Å². The van der Waals surface area contributed by atoms with E-state index in [9.17, 15) is 0 Å². The quantitative estimate of drug-likeness (QED) is 0.0845. The zero-order chi connectivity index (χ0) is 74.7. The summed E-state index contributed by atoms with van der Waals surface area (Å²) < 4.78 is 5.04. The van der Waals surface area contributed by atoms with Crippen molar-refractivity contribution in [1.29, 1.82) is 0 Å². The summed E-state index contributed by atoms with van der Waals surface area (Å²) in [4.78, 5) is 5.33. The summed E-state index contributed by atoms with van der Waals surface area (Å²) in [7, 11) is -6.31. The Bertz CT molecular complexity index is 6270. The summed E-state index contributed by atoms with van der Waals surface area (Å²) in [5, 5.41) is 15.5. The normalized spacial score (nSPS) is 12.9. The van der Waals surface area contributed by atoms with Gasteiger partial charge in [-0.25, -0.2) is 0 Å². The molecular weight excluding hydrogens is 1370 g/mol. The van der Waals surface area contributed by atoms with E-state index in [1.165, 1.54) is 107 Å². The van der Waals surface area contributed by atoms with Crippen molar-refractivity contribution >= 4 is 158 Å². The Kier molecular flexibility index (Phi) is 16.1. The Morgan fingerprint density at radius 3 is 1.04 bits per heavy atom. The van der Waals surface area contributed by atoms with Crippen LogP contribution in [0.1, 0.15) is 52.7 Å². The van der Waals surface area contributed by atoms with E-state index in [-0.39, 0.29) is 17.5 Å². The lowest BCUT2D eigenvalue weighted by Gasteiger charge is -2.45. The van der Waals surface area contributed by atoms with Crippen molar-refractivity contribution in [2.24, 2.45) is 0 Å². The van der Waals surface area contributed by atoms with Gasteiger partial charge < -0.3 is 18.9 Å². The maximum absolute atomic E-state index is 3.18. The van der Waals surface area contributed by atoms with Gasteiger partial charge in [0.05, 0.1) is 27.8 Å². The van der Waals surface area contributed by atoms with Crippen LogP contribution in [-0.4, -0.2) is 32.0 Å². The Morgan fingerprint density at radius 1 is 0.225 bits per heavy atom. The predicted octanol–water partition coefficient (Wildman–Crippen LogP) is 19.0. The van der Waals surface area contributed by atoms with Gasteiger partial charge in [-0.1, -0.05) is 339 Å². The van der Waals surface area contributed by atoms with Crippen LogP contribution in [0.4, 0.5) is 34.1 Å². The van der Waals surface area contributed by atoms with Crippen molar-refractivity contribution < 1.29 is 0 Å². The van der Waals surface area contributed by atoms with Gasteiger partial charge in [-0.3, -0.25) is 0 Å². The minimum absolute atomic E-state index is 0.0265. The van der Waals surface area contributed by atoms with Gasteiger partial charge in [0.25, 0.3) is 6.71 Å². The second-order valence-electron chi connectivity index (χ2n) is 32.3. The molecule has 0 fully saturated rings. The highest BCUT2D eigenvalue weighted by Crippen LogP contribution is 2.48. The largest absolute Gasteiger partial charge is 0.311 e. The Hall–Kier alpha value is -12.8. The third-order valence-electron chi connectivity index (χ3n) is 24.1. The van der Waals surface area contributed by atoms with Crippen LogP contribution in [0.15, 0.2) is 394 Å². The van der Waals surface area contributed by atoms with Gasteiger partial charge >= 0.3 is 0 Å². The molecule has 20 rings (SSSR count). The van der Waals surface area contributed by atoms with Gasteiger partial charge in [-0.2, -0.15) is 0 Å². The minimum Gasteiger partial charge on any atom is -0.311 e. The highest BCUT2D eigenvalue weighted by Gasteiger charge is 2.48. The fourth-order valence-corrected chi connectivity index (χ4v) is 28.4. The first-order chi connectivity index (χ1) is 54.3. The fraction of sp³-hybridized carbons (Fsp3) is 0.0769. The Morgan fingerprint density at radius 2 is 0.586 bits per heavy atom. The molecule has 4 heterocycles. The van der Waals surface area contributed by atoms with Crippen molar-refractivity contribution in [3.05, 3.63) is 405 Å². The first-order valence-electron chi connectivity index (χ1n) is 39.1. The lowest BCUT2D eigenvalue weighted by molar-refractivity contribution is 0.590. The van der Waals surface area contributed by atoms with Crippen LogP contribution in [0.2, 0.25) is 0 Å². The molecule has 0 N–H and O–H groups in total. The van der Waals surface area contributed by atoms with Gasteiger partial charge in [0.1, 0.15) is 0 Å².